The average Bonchev–Trinajstić information content (AvgIpc) is 3.03. The Labute approximate surface area is 120 Å². The first kappa shape index (κ1) is 13.1. The van der Waals surface area contributed by atoms with Crippen LogP contribution in [0.15, 0.2) is 22.7 Å². The Morgan fingerprint density at radius 3 is 2.95 bits per heavy atom. The summed E-state index contributed by atoms with van der Waals surface area (Å²) in [6.45, 7) is 3.66. The van der Waals surface area contributed by atoms with Gasteiger partial charge in [-0.3, -0.25) is 4.79 Å². The number of benzene rings is 1. The molecule has 1 N–H and O–H groups in total. The van der Waals surface area contributed by atoms with Gasteiger partial charge in [0.05, 0.1) is 4.47 Å². The molecule has 1 atom stereocenters. The Morgan fingerprint density at radius 2 is 2.26 bits per heavy atom. The van der Waals surface area contributed by atoms with Gasteiger partial charge in [0, 0.05) is 30.6 Å². The summed E-state index contributed by atoms with van der Waals surface area (Å²) in [5.41, 5.74) is 0.823. The highest BCUT2D eigenvalue weighted by Crippen LogP contribution is 2.36. The maximum atomic E-state index is 13.2. The third-order valence-corrected chi connectivity index (χ3v) is 4.83. The van der Waals surface area contributed by atoms with Crippen molar-refractivity contribution in [2.24, 2.45) is 5.41 Å². The number of hydrogen-bond acceptors (Lipinski definition) is 2. The lowest BCUT2D eigenvalue weighted by Gasteiger charge is -2.22. The Bertz CT molecular complexity index is 514. The van der Waals surface area contributed by atoms with Crippen molar-refractivity contribution in [3.05, 3.63) is 34.1 Å². The summed E-state index contributed by atoms with van der Waals surface area (Å²) < 4.78 is 13.5. The fourth-order valence-electron chi connectivity index (χ4n) is 3.06. The summed E-state index contributed by atoms with van der Waals surface area (Å²) in [7, 11) is 0. The summed E-state index contributed by atoms with van der Waals surface area (Å²) in [6.07, 6.45) is 2.21. The van der Waals surface area contributed by atoms with Gasteiger partial charge < -0.3 is 10.2 Å². The Kier molecular flexibility index (Phi) is 3.35. The molecule has 3 rings (SSSR count). The number of carbonyl (C=O) groups excluding carboxylic acids is 1. The minimum Gasteiger partial charge on any atom is -0.338 e. The third-order valence-electron chi connectivity index (χ3n) is 4.22. The van der Waals surface area contributed by atoms with Crippen molar-refractivity contribution in [3.8, 4) is 0 Å². The molecule has 2 heterocycles. The molecule has 0 aliphatic carbocycles. The Hall–Kier alpha value is -0.940. The maximum absolute atomic E-state index is 13.2. The molecule has 2 aliphatic heterocycles. The highest BCUT2D eigenvalue weighted by molar-refractivity contribution is 9.10. The number of hydrogen-bond donors (Lipinski definition) is 1. The lowest BCUT2D eigenvalue weighted by atomic mass is 9.86. The summed E-state index contributed by atoms with van der Waals surface area (Å²) in [5, 5.41) is 3.38. The quantitative estimate of drug-likeness (QED) is 0.859. The van der Waals surface area contributed by atoms with E-state index in [9.17, 15) is 9.18 Å². The minimum absolute atomic E-state index is 0.00414. The van der Waals surface area contributed by atoms with E-state index in [4.69, 9.17) is 0 Å². The molecule has 1 unspecified atom stereocenters. The van der Waals surface area contributed by atoms with E-state index in [1.807, 2.05) is 4.90 Å². The van der Waals surface area contributed by atoms with Crippen LogP contribution >= 0.6 is 15.9 Å². The van der Waals surface area contributed by atoms with Gasteiger partial charge in [0.1, 0.15) is 5.82 Å². The van der Waals surface area contributed by atoms with Gasteiger partial charge in [0.25, 0.3) is 5.91 Å². The van der Waals surface area contributed by atoms with Gasteiger partial charge in [-0.1, -0.05) is 0 Å². The number of rotatable bonds is 1. The molecule has 102 valence electrons. The van der Waals surface area contributed by atoms with E-state index in [1.54, 1.807) is 12.1 Å². The summed E-state index contributed by atoms with van der Waals surface area (Å²) in [5.74, 6) is -0.334. The first-order chi connectivity index (χ1) is 9.10. The molecule has 1 aromatic rings. The number of nitrogens with one attached hydrogen (secondary N) is 1. The van der Waals surface area contributed by atoms with Crippen molar-refractivity contribution < 1.29 is 9.18 Å². The topological polar surface area (TPSA) is 32.3 Å². The van der Waals surface area contributed by atoms with Crippen LogP contribution in [0.4, 0.5) is 4.39 Å². The normalized spacial score (nSPS) is 26.3. The molecule has 0 radical (unpaired) electrons. The van der Waals surface area contributed by atoms with Gasteiger partial charge in [-0.05, 0) is 53.5 Å². The van der Waals surface area contributed by atoms with E-state index in [0.717, 1.165) is 39.0 Å². The van der Waals surface area contributed by atoms with Gasteiger partial charge in [-0.2, -0.15) is 0 Å². The van der Waals surface area contributed by atoms with Crippen LogP contribution in [0.5, 0.6) is 0 Å². The molecule has 2 aliphatic rings. The number of amides is 1. The molecule has 1 aromatic carbocycles. The molecule has 0 saturated carbocycles. The zero-order chi connectivity index (χ0) is 13.5. The summed E-state index contributed by atoms with van der Waals surface area (Å²) in [4.78, 5) is 14.3. The standard InChI is InChI=1S/C14H16BrFN2O/c15-11-7-10(1-2-12(11)16)13(19)18-6-4-14(9-18)3-5-17-8-14/h1-2,7,17H,3-6,8-9H2. The van der Waals surface area contributed by atoms with E-state index < -0.39 is 0 Å². The predicted octanol–water partition coefficient (Wildman–Crippen LogP) is 2.41. The highest BCUT2D eigenvalue weighted by Gasteiger charge is 2.41. The van der Waals surface area contributed by atoms with Crippen LogP contribution in [0.25, 0.3) is 0 Å². The van der Waals surface area contributed by atoms with Gasteiger partial charge in [0.15, 0.2) is 0 Å². The zero-order valence-electron chi connectivity index (χ0n) is 10.6. The number of likely N-dealkylation sites (tertiary alicyclic amines) is 1. The molecule has 3 nitrogen and oxygen atoms in total. The maximum Gasteiger partial charge on any atom is 0.253 e. The highest BCUT2D eigenvalue weighted by atomic mass is 79.9. The van der Waals surface area contributed by atoms with Crippen LogP contribution in [-0.2, 0) is 0 Å². The van der Waals surface area contributed by atoms with Crippen molar-refractivity contribution in [3.63, 3.8) is 0 Å². The van der Waals surface area contributed by atoms with E-state index in [2.05, 4.69) is 21.2 Å². The first-order valence-corrected chi connectivity index (χ1v) is 7.34. The minimum atomic E-state index is -0.338. The second-order valence-corrected chi connectivity index (χ2v) is 6.39. The van der Waals surface area contributed by atoms with Crippen molar-refractivity contribution in [1.29, 1.82) is 0 Å². The van der Waals surface area contributed by atoms with Crippen LogP contribution in [0.1, 0.15) is 23.2 Å². The van der Waals surface area contributed by atoms with Crippen LogP contribution in [-0.4, -0.2) is 37.0 Å². The fraction of sp³-hybridized carbons (Fsp3) is 0.500. The fourth-order valence-corrected chi connectivity index (χ4v) is 3.44. The molecule has 0 bridgehead atoms. The van der Waals surface area contributed by atoms with Crippen molar-refractivity contribution >= 4 is 21.8 Å². The molecule has 1 amide bonds. The van der Waals surface area contributed by atoms with Gasteiger partial charge >= 0.3 is 0 Å². The smallest absolute Gasteiger partial charge is 0.253 e. The molecule has 2 fully saturated rings. The van der Waals surface area contributed by atoms with E-state index in [-0.39, 0.29) is 17.1 Å². The van der Waals surface area contributed by atoms with Gasteiger partial charge in [0.2, 0.25) is 0 Å². The monoisotopic (exact) mass is 326 g/mol. The SMILES string of the molecule is O=C(c1ccc(F)c(Br)c1)N1CCC2(CCNC2)C1. The van der Waals surface area contributed by atoms with Gasteiger partial charge in [-0.25, -0.2) is 4.39 Å². The molecular weight excluding hydrogens is 311 g/mol. The Morgan fingerprint density at radius 1 is 1.42 bits per heavy atom. The van der Waals surface area contributed by atoms with Gasteiger partial charge in [-0.15, -0.1) is 0 Å². The number of nitrogens with zero attached hydrogens (tertiary/aromatic N) is 1. The lowest BCUT2D eigenvalue weighted by molar-refractivity contribution is 0.0775. The van der Waals surface area contributed by atoms with Crippen molar-refractivity contribution in [1.82, 2.24) is 10.2 Å². The predicted molar refractivity (Wildman–Crippen MR) is 74.5 cm³/mol. The molecule has 19 heavy (non-hydrogen) atoms. The number of halogens is 2. The van der Waals surface area contributed by atoms with Crippen molar-refractivity contribution in [2.75, 3.05) is 26.2 Å². The molecule has 2 saturated heterocycles. The largest absolute Gasteiger partial charge is 0.338 e. The van der Waals surface area contributed by atoms with E-state index in [1.165, 1.54) is 6.07 Å². The van der Waals surface area contributed by atoms with Crippen LogP contribution in [0, 0.1) is 11.2 Å². The van der Waals surface area contributed by atoms with E-state index in [0.29, 0.717) is 10.0 Å². The third kappa shape index (κ3) is 2.41. The van der Waals surface area contributed by atoms with Crippen LogP contribution < -0.4 is 5.32 Å². The second kappa shape index (κ2) is 4.87. The summed E-state index contributed by atoms with van der Waals surface area (Å²) in [6, 6.07) is 4.45. The first-order valence-electron chi connectivity index (χ1n) is 6.55. The van der Waals surface area contributed by atoms with Crippen molar-refractivity contribution in [2.45, 2.75) is 12.8 Å². The van der Waals surface area contributed by atoms with Crippen LogP contribution in [0.2, 0.25) is 0 Å². The lowest BCUT2D eigenvalue weighted by Crippen LogP contribution is -2.33. The zero-order valence-corrected chi connectivity index (χ0v) is 12.2. The van der Waals surface area contributed by atoms with Crippen LogP contribution in [0.3, 0.4) is 0 Å². The average molecular weight is 327 g/mol. The molecule has 5 heteroatoms. The summed E-state index contributed by atoms with van der Waals surface area (Å²) >= 11 is 3.13. The van der Waals surface area contributed by atoms with E-state index >= 15 is 0 Å². The number of carbonyl (C=O) groups is 1. The second-order valence-electron chi connectivity index (χ2n) is 5.53. The molecule has 1 spiro atoms. The molecular formula is C14H16BrFN2O. The molecule has 0 aromatic heterocycles. The Balaban J connectivity index is 1.76.